The second kappa shape index (κ2) is 15.9. The minimum atomic E-state index is -0.463. The number of hydrogen-bond donors (Lipinski definition) is 1. The van der Waals surface area contributed by atoms with Crippen LogP contribution < -0.4 is 5.73 Å². The van der Waals surface area contributed by atoms with E-state index in [-0.39, 0.29) is 5.97 Å². The van der Waals surface area contributed by atoms with Crippen LogP contribution in [0.3, 0.4) is 0 Å². The van der Waals surface area contributed by atoms with Crippen LogP contribution in [0.4, 0.5) is 0 Å². The highest BCUT2D eigenvalue weighted by molar-refractivity contribution is 7.99. The molecule has 0 aromatic heterocycles. The summed E-state index contributed by atoms with van der Waals surface area (Å²) in [5.41, 5.74) is 9.69. The number of ether oxygens (including phenoxy) is 1. The van der Waals surface area contributed by atoms with Crippen molar-refractivity contribution in [3.8, 4) is 0 Å². The molecule has 0 fully saturated rings. The molecular formula is C27H42N2O2S. The Kier molecular flexibility index (Phi) is 14.0. The number of carbonyl (C=O) groups is 1. The molecule has 0 saturated heterocycles. The van der Waals surface area contributed by atoms with E-state index in [2.05, 4.69) is 82.0 Å². The van der Waals surface area contributed by atoms with Gasteiger partial charge in [-0.1, -0.05) is 74.8 Å². The maximum Gasteiger partial charge on any atom is 0.324 e. The molecule has 2 rings (SSSR count). The van der Waals surface area contributed by atoms with Gasteiger partial charge in [-0.2, -0.15) is 0 Å². The van der Waals surface area contributed by atoms with Crippen molar-refractivity contribution in [2.75, 3.05) is 19.8 Å². The lowest BCUT2D eigenvalue weighted by Gasteiger charge is -2.21. The van der Waals surface area contributed by atoms with Gasteiger partial charge >= 0.3 is 5.97 Å². The standard InChI is InChI=1S/C15H16S.C12H26N2O2/c1-11-8-9-15(13(3)10-11)16-14-7-5-4-6-12(14)2;1-4-7-11(13)12(15)16-10-14(8-5-2)9-6-3/h4-10H,1-3H3;11H,4-10,13H2,1-3H3. The summed E-state index contributed by atoms with van der Waals surface area (Å²) in [6.07, 6.45) is 3.74. The lowest BCUT2D eigenvalue weighted by atomic mass is 10.2. The van der Waals surface area contributed by atoms with Gasteiger partial charge in [-0.3, -0.25) is 9.69 Å². The minimum Gasteiger partial charge on any atom is -0.448 e. The molecule has 2 aromatic rings. The smallest absolute Gasteiger partial charge is 0.324 e. The minimum absolute atomic E-state index is 0.279. The summed E-state index contributed by atoms with van der Waals surface area (Å²) in [6, 6.07) is 14.7. The Morgan fingerprint density at radius 1 is 0.938 bits per heavy atom. The van der Waals surface area contributed by atoms with E-state index in [0.29, 0.717) is 13.2 Å². The third kappa shape index (κ3) is 10.7. The van der Waals surface area contributed by atoms with E-state index in [9.17, 15) is 4.79 Å². The number of nitrogens with two attached hydrogens (primary N) is 1. The monoisotopic (exact) mass is 458 g/mol. The van der Waals surface area contributed by atoms with E-state index in [1.165, 1.54) is 26.5 Å². The molecule has 1 unspecified atom stereocenters. The van der Waals surface area contributed by atoms with Crippen LogP contribution in [-0.2, 0) is 9.53 Å². The summed E-state index contributed by atoms with van der Waals surface area (Å²) in [7, 11) is 0. The number of hydrogen-bond acceptors (Lipinski definition) is 5. The second-order valence-corrected chi connectivity index (χ2v) is 9.33. The van der Waals surface area contributed by atoms with E-state index >= 15 is 0 Å². The largest absolute Gasteiger partial charge is 0.448 e. The first kappa shape index (κ1) is 28.2. The number of nitrogens with zero attached hydrogens (tertiary/aromatic N) is 1. The van der Waals surface area contributed by atoms with Crippen molar-refractivity contribution >= 4 is 17.7 Å². The van der Waals surface area contributed by atoms with Crippen LogP contribution in [0.15, 0.2) is 52.3 Å². The molecule has 0 bridgehead atoms. The van der Waals surface area contributed by atoms with Crippen LogP contribution in [0.5, 0.6) is 0 Å². The highest BCUT2D eigenvalue weighted by Gasteiger charge is 2.15. The molecule has 1 atom stereocenters. The first-order valence-electron chi connectivity index (χ1n) is 11.8. The molecule has 0 heterocycles. The molecule has 0 spiro atoms. The quantitative estimate of drug-likeness (QED) is 0.308. The van der Waals surface area contributed by atoms with Crippen LogP contribution in [-0.4, -0.2) is 36.7 Å². The Labute approximate surface area is 199 Å². The second-order valence-electron chi connectivity index (χ2n) is 8.24. The van der Waals surface area contributed by atoms with Crippen molar-refractivity contribution in [3.63, 3.8) is 0 Å². The highest BCUT2D eigenvalue weighted by Crippen LogP contribution is 2.32. The summed E-state index contributed by atoms with van der Waals surface area (Å²) in [6.45, 7) is 15.0. The zero-order valence-corrected chi connectivity index (χ0v) is 21.6. The van der Waals surface area contributed by atoms with Gasteiger partial charge in [0.2, 0.25) is 0 Å². The van der Waals surface area contributed by atoms with Crippen molar-refractivity contribution in [2.45, 2.75) is 83.1 Å². The van der Waals surface area contributed by atoms with Crippen LogP contribution >= 0.6 is 11.8 Å². The maximum absolute atomic E-state index is 11.5. The summed E-state index contributed by atoms with van der Waals surface area (Å²) < 4.78 is 5.19. The van der Waals surface area contributed by atoms with Gasteiger partial charge in [-0.15, -0.1) is 0 Å². The lowest BCUT2D eigenvalue weighted by Crippen LogP contribution is -2.36. The maximum atomic E-state index is 11.5. The van der Waals surface area contributed by atoms with Crippen molar-refractivity contribution in [3.05, 3.63) is 59.2 Å². The molecule has 0 aliphatic carbocycles. The van der Waals surface area contributed by atoms with Crippen molar-refractivity contribution in [2.24, 2.45) is 5.73 Å². The number of benzene rings is 2. The number of esters is 1. The van der Waals surface area contributed by atoms with Crippen molar-refractivity contribution < 1.29 is 9.53 Å². The molecule has 178 valence electrons. The normalized spacial score (nSPS) is 11.6. The van der Waals surface area contributed by atoms with Gasteiger partial charge in [0.1, 0.15) is 12.8 Å². The number of aryl methyl sites for hydroxylation is 3. The lowest BCUT2D eigenvalue weighted by molar-refractivity contribution is -0.150. The molecule has 4 nitrogen and oxygen atoms in total. The molecule has 2 N–H and O–H groups in total. The van der Waals surface area contributed by atoms with Gasteiger partial charge < -0.3 is 10.5 Å². The Hall–Kier alpha value is -1.82. The van der Waals surface area contributed by atoms with Crippen LogP contribution in [0.25, 0.3) is 0 Å². The summed E-state index contributed by atoms with van der Waals surface area (Å²) in [4.78, 5) is 16.3. The molecule has 5 heteroatoms. The summed E-state index contributed by atoms with van der Waals surface area (Å²) >= 11 is 1.85. The van der Waals surface area contributed by atoms with Gasteiger partial charge in [-0.25, -0.2) is 0 Å². The third-order valence-electron chi connectivity index (χ3n) is 5.02. The third-order valence-corrected chi connectivity index (χ3v) is 6.37. The summed E-state index contributed by atoms with van der Waals surface area (Å²) in [5, 5.41) is 0. The van der Waals surface area contributed by atoms with Gasteiger partial charge in [0.25, 0.3) is 0 Å². The molecular weight excluding hydrogens is 416 g/mol. The predicted molar refractivity (Wildman–Crippen MR) is 137 cm³/mol. The zero-order valence-electron chi connectivity index (χ0n) is 20.8. The van der Waals surface area contributed by atoms with Crippen LogP contribution in [0.2, 0.25) is 0 Å². The average Bonchev–Trinajstić information content (AvgIpc) is 2.76. The first-order chi connectivity index (χ1) is 15.3. The molecule has 2 aromatic carbocycles. The SMILES string of the molecule is CCCC(N)C(=O)OCN(CCC)CCC.Cc1ccc(Sc2ccccc2C)c(C)c1. The van der Waals surface area contributed by atoms with E-state index in [1.807, 2.05) is 18.7 Å². The summed E-state index contributed by atoms with van der Waals surface area (Å²) in [5.74, 6) is -0.279. The molecule has 0 saturated carbocycles. The number of rotatable bonds is 11. The Balaban J connectivity index is 0.000000320. The van der Waals surface area contributed by atoms with Crippen LogP contribution in [0.1, 0.15) is 63.1 Å². The fourth-order valence-corrected chi connectivity index (χ4v) is 4.24. The molecule has 0 aliphatic rings. The van der Waals surface area contributed by atoms with E-state index in [4.69, 9.17) is 10.5 Å². The van der Waals surface area contributed by atoms with Gasteiger partial charge in [0.05, 0.1) is 0 Å². The Morgan fingerprint density at radius 2 is 1.56 bits per heavy atom. The molecule has 0 amide bonds. The fraction of sp³-hybridized carbons (Fsp3) is 0.519. The van der Waals surface area contributed by atoms with E-state index in [1.54, 1.807) is 0 Å². The van der Waals surface area contributed by atoms with Gasteiger partial charge in [0.15, 0.2) is 0 Å². The number of carbonyl (C=O) groups excluding carboxylic acids is 1. The average molecular weight is 459 g/mol. The van der Waals surface area contributed by atoms with E-state index < -0.39 is 6.04 Å². The fourth-order valence-electron chi connectivity index (χ4n) is 3.27. The van der Waals surface area contributed by atoms with Crippen LogP contribution in [0, 0.1) is 20.8 Å². The topological polar surface area (TPSA) is 55.6 Å². The molecule has 32 heavy (non-hydrogen) atoms. The molecule has 0 aliphatic heterocycles. The predicted octanol–water partition coefficient (Wildman–Crippen LogP) is 6.50. The highest BCUT2D eigenvalue weighted by atomic mass is 32.2. The van der Waals surface area contributed by atoms with Crippen molar-refractivity contribution in [1.29, 1.82) is 0 Å². The zero-order chi connectivity index (χ0) is 23.9. The van der Waals surface area contributed by atoms with Gasteiger partial charge in [0, 0.05) is 22.9 Å². The van der Waals surface area contributed by atoms with Crippen molar-refractivity contribution in [1.82, 2.24) is 4.90 Å². The first-order valence-corrected chi connectivity index (χ1v) is 12.6. The van der Waals surface area contributed by atoms with Gasteiger partial charge in [-0.05, 0) is 63.3 Å². The van der Waals surface area contributed by atoms with E-state index in [0.717, 1.165) is 32.4 Å². The molecule has 0 radical (unpaired) electrons. The Morgan fingerprint density at radius 3 is 2.12 bits per heavy atom. The Bertz CT molecular complexity index is 804.